The lowest BCUT2D eigenvalue weighted by Gasteiger charge is -2.05. The van der Waals surface area contributed by atoms with E-state index in [9.17, 15) is 0 Å². The summed E-state index contributed by atoms with van der Waals surface area (Å²) >= 11 is 0. The number of nitrogens with zero attached hydrogens (tertiary/aromatic N) is 3. The second-order valence-corrected chi connectivity index (χ2v) is 5.19. The summed E-state index contributed by atoms with van der Waals surface area (Å²) in [6.45, 7) is 4.18. The smallest absolute Gasteiger partial charge is 0.140 e. The van der Waals surface area contributed by atoms with Crippen molar-refractivity contribution in [1.29, 1.82) is 5.26 Å². The number of rotatable bonds is 1. The molecule has 0 aliphatic carbocycles. The van der Waals surface area contributed by atoms with Gasteiger partial charge in [0, 0.05) is 12.6 Å². The first kappa shape index (κ1) is 12.4. The number of imidazole rings is 1. The molecule has 3 nitrogen and oxygen atoms in total. The zero-order chi connectivity index (χ0) is 14.3. The third-order valence-corrected chi connectivity index (χ3v) is 3.49. The van der Waals surface area contributed by atoms with Gasteiger partial charge in [-0.3, -0.25) is 0 Å². The predicted octanol–water partition coefficient (Wildman–Crippen LogP) is 3.73. The van der Waals surface area contributed by atoms with E-state index in [0.29, 0.717) is 5.56 Å². The Hall–Kier alpha value is -2.60. The van der Waals surface area contributed by atoms with Crippen molar-refractivity contribution in [3.05, 3.63) is 53.1 Å². The Morgan fingerprint density at radius 2 is 1.75 bits per heavy atom. The van der Waals surface area contributed by atoms with Gasteiger partial charge >= 0.3 is 0 Å². The van der Waals surface area contributed by atoms with Crippen LogP contribution in [0.4, 0.5) is 0 Å². The van der Waals surface area contributed by atoms with Gasteiger partial charge in [-0.15, -0.1) is 0 Å². The maximum atomic E-state index is 9.00. The minimum Gasteiger partial charge on any atom is -0.327 e. The Morgan fingerprint density at radius 1 is 1.05 bits per heavy atom. The van der Waals surface area contributed by atoms with Gasteiger partial charge in [-0.25, -0.2) is 4.98 Å². The number of hydrogen-bond acceptors (Lipinski definition) is 2. The molecule has 0 fully saturated rings. The first-order chi connectivity index (χ1) is 9.58. The first-order valence-corrected chi connectivity index (χ1v) is 6.54. The molecule has 0 aliphatic heterocycles. The van der Waals surface area contributed by atoms with Crippen molar-refractivity contribution in [1.82, 2.24) is 9.55 Å². The molecule has 0 atom stereocenters. The van der Waals surface area contributed by atoms with Crippen molar-refractivity contribution < 1.29 is 0 Å². The topological polar surface area (TPSA) is 41.6 Å². The molecule has 0 spiro atoms. The van der Waals surface area contributed by atoms with Gasteiger partial charge in [-0.1, -0.05) is 17.2 Å². The lowest BCUT2D eigenvalue weighted by molar-refractivity contribution is 0.958. The van der Waals surface area contributed by atoms with Crippen molar-refractivity contribution in [2.45, 2.75) is 13.8 Å². The van der Waals surface area contributed by atoms with Crippen molar-refractivity contribution in [2.24, 2.45) is 7.05 Å². The highest BCUT2D eigenvalue weighted by Crippen LogP contribution is 2.25. The van der Waals surface area contributed by atoms with Crippen LogP contribution in [0.15, 0.2) is 36.4 Å². The SMILES string of the molecule is Cc1cc(C)cc(-c2nc3ccc(C#N)cc3n2C)c1. The molecule has 0 saturated heterocycles. The van der Waals surface area contributed by atoms with Gasteiger partial charge in [0.15, 0.2) is 0 Å². The van der Waals surface area contributed by atoms with Crippen LogP contribution in [0.25, 0.3) is 22.4 Å². The summed E-state index contributed by atoms with van der Waals surface area (Å²) in [7, 11) is 1.99. The first-order valence-electron chi connectivity index (χ1n) is 6.54. The quantitative estimate of drug-likeness (QED) is 0.669. The summed E-state index contributed by atoms with van der Waals surface area (Å²) in [4.78, 5) is 4.69. The molecule has 3 aromatic rings. The normalized spacial score (nSPS) is 10.7. The van der Waals surface area contributed by atoms with Crippen LogP contribution in [0.1, 0.15) is 16.7 Å². The lowest BCUT2D eigenvalue weighted by Crippen LogP contribution is -1.93. The second-order valence-electron chi connectivity index (χ2n) is 5.19. The number of benzene rings is 2. The zero-order valence-corrected chi connectivity index (χ0v) is 11.8. The van der Waals surface area contributed by atoms with E-state index >= 15 is 0 Å². The van der Waals surface area contributed by atoms with E-state index in [4.69, 9.17) is 10.2 Å². The summed E-state index contributed by atoms with van der Waals surface area (Å²) in [6.07, 6.45) is 0. The summed E-state index contributed by atoms with van der Waals surface area (Å²) in [5.41, 5.74) is 6.13. The molecule has 0 unspecified atom stereocenters. The van der Waals surface area contributed by atoms with Crippen LogP contribution in [0.3, 0.4) is 0 Å². The minimum atomic E-state index is 0.660. The standard InChI is InChI=1S/C17H15N3/c1-11-6-12(2)8-14(7-11)17-19-15-5-4-13(10-18)9-16(15)20(17)3/h4-9H,1-3H3. The van der Waals surface area contributed by atoms with Crippen molar-refractivity contribution in [2.75, 3.05) is 0 Å². The number of nitriles is 1. The lowest BCUT2D eigenvalue weighted by atomic mass is 10.1. The molecule has 0 saturated carbocycles. The van der Waals surface area contributed by atoms with Crippen molar-refractivity contribution in [3.63, 3.8) is 0 Å². The molecule has 0 aliphatic rings. The Labute approximate surface area is 118 Å². The molecule has 2 aromatic carbocycles. The molecule has 0 amide bonds. The molecule has 3 heteroatoms. The zero-order valence-electron chi connectivity index (χ0n) is 11.8. The van der Waals surface area contributed by atoms with Crippen molar-refractivity contribution >= 4 is 11.0 Å². The van der Waals surface area contributed by atoms with Gasteiger partial charge in [0.05, 0.1) is 22.7 Å². The molecule has 0 bridgehead atoms. The van der Waals surface area contributed by atoms with E-state index in [2.05, 4.69) is 38.1 Å². The van der Waals surface area contributed by atoms with Gasteiger partial charge in [0.2, 0.25) is 0 Å². The molecule has 0 radical (unpaired) electrons. The van der Waals surface area contributed by atoms with Crippen molar-refractivity contribution in [3.8, 4) is 17.5 Å². The van der Waals surface area contributed by atoms with Gasteiger partial charge < -0.3 is 4.57 Å². The minimum absolute atomic E-state index is 0.660. The van der Waals surface area contributed by atoms with Crippen LogP contribution in [-0.4, -0.2) is 9.55 Å². The monoisotopic (exact) mass is 261 g/mol. The Balaban J connectivity index is 2.27. The fourth-order valence-corrected chi connectivity index (χ4v) is 2.62. The number of fused-ring (bicyclic) bond motifs is 1. The summed E-state index contributed by atoms with van der Waals surface area (Å²) in [5.74, 6) is 0.932. The second kappa shape index (κ2) is 4.50. The largest absolute Gasteiger partial charge is 0.327 e. The van der Waals surface area contributed by atoms with Crippen LogP contribution in [0.2, 0.25) is 0 Å². The maximum Gasteiger partial charge on any atom is 0.140 e. The van der Waals surface area contributed by atoms with Crippen LogP contribution in [0, 0.1) is 25.2 Å². The third-order valence-electron chi connectivity index (χ3n) is 3.49. The van der Waals surface area contributed by atoms with E-state index in [1.54, 1.807) is 6.07 Å². The number of aromatic nitrogens is 2. The van der Waals surface area contributed by atoms with E-state index in [0.717, 1.165) is 22.4 Å². The van der Waals surface area contributed by atoms with E-state index < -0.39 is 0 Å². The van der Waals surface area contributed by atoms with Crippen LogP contribution < -0.4 is 0 Å². The number of hydrogen-bond donors (Lipinski definition) is 0. The van der Waals surface area contributed by atoms with Gasteiger partial charge in [0.1, 0.15) is 5.82 Å². The van der Waals surface area contributed by atoms with Crippen LogP contribution >= 0.6 is 0 Å². The highest BCUT2D eigenvalue weighted by Gasteiger charge is 2.11. The molecular formula is C17H15N3. The van der Waals surface area contributed by atoms with E-state index in [-0.39, 0.29) is 0 Å². The summed E-state index contributed by atoms with van der Waals surface area (Å²) in [6, 6.07) is 14.2. The van der Waals surface area contributed by atoms with Crippen LogP contribution in [0.5, 0.6) is 0 Å². The average molecular weight is 261 g/mol. The van der Waals surface area contributed by atoms with E-state index in [1.165, 1.54) is 11.1 Å². The molecule has 0 N–H and O–H groups in total. The molecule has 98 valence electrons. The Morgan fingerprint density at radius 3 is 2.40 bits per heavy atom. The Kier molecular flexibility index (Phi) is 2.80. The fraction of sp³-hybridized carbons (Fsp3) is 0.176. The fourth-order valence-electron chi connectivity index (χ4n) is 2.62. The molecular weight excluding hydrogens is 246 g/mol. The van der Waals surface area contributed by atoms with Gasteiger partial charge in [-0.05, 0) is 44.2 Å². The average Bonchev–Trinajstić information content (AvgIpc) is 2.74. The van der Waals surface area contributed by atoms with Gasteiger partial charge in [0.25, 0.3) is 0 Å². The molecule has 3 rings (SSSR count). The number of aryl methyl sites for hydroxylation is 3. The highest BCUT2D eigenvalue weighted by molar-refractivity contribution is 5.82. The summed E-state index contributed by atoms with van der Waals surface area (Å²) in [5, 5.41) is 9.00. The predicted molar refractivity (Wildman–Crippen MR) is 80.3 cm³/mol. The van der Waals surface area contributed by atoms with Crippen LogP contribution in [-0.2, 0) is 7.05 Å². The molecule has 1 aromatic heterocycles. The molecule has 20 heavy (non-hydrogen) atoms. The van der Waals surface area contributed by atoms with E-state index in [1.807, 2.05) is 23.7 Å². The van der Waals surface area contributed by atoms with Gasteiger partial charge in [-0.2, -0.15) is 5.26 Å². The molecule has 1 heterocycles. The third kappa shape index (κ3) is 1.96. The summed E-state index contributed by atoms with van der Waals surface area (Å²) < 4.78 is 2.05. The maximum absolute atomic E-state index is 9.00. The highest BCUT2D eigenvalue weighted by atomic mass is 15.1. The Bertz CT molecular complexity index is 830.